The van der Waals surface area contributed by atoms with Crippen LogP contribution in [0.3, 0.4) is 0 Å². The summed E-state index contributed by atoms with van der Waals surface area (Å²) >= 11 is 0. The maximum Gasteiger partial charge on any atom is 0.279 e. The minimum Gasteiger partial charge on any atom is -0.198 e. The van der Waals surface area contributed by atoms with Crippen LogP contribution in [0.25, 0.3) is 0 Å². The molecule has 0 saturated carbocycles. The number of hydrogen-bond acceptors (Lipinski definition) is 3. The van der Waals surface area contributed by atoms with Crippen molar-refractivity contribution in [1.82, 2.24) is 9.03 Å². The van der Waals surface area contributed by atoms with Gasteiger partial charge in [0.15, 0.2) is 0 Å². The van der Waals surface area contributed by atoms with Crippen molar-refractivity contribution in [1.29, 1.82) is 5.26 Å². The minimum absolute atomic E-state index is 0.110. The summed E-state index contributed by atoms with van der Waals surface area (Å²) in [4.78, 5) is 0. The first-order chi connectivity index (χ1) is 11.2. The standard InChI is InChI=1S/C18H29N3O2S/c1-6-15(4)16-8-10-17(11-9-16)18(14(2)3)20-24(22,23)21(5)13-7-12-19/h8-11,14-15,18,20H,6-7,13H2,1-5H3. The van der Waals surface area contributed by atoms with E-state index in [1.165, 1.54) is 16.9 Å². The van der Waals surface area contributed by atoms with Crippen molar-refractivity contribution in [2.24, 2.45) is 5.92 Å². The summed E-state index contributed by atoms with van der Waals surface area (Å²) < 4.78 is 28.9. The highest BCUT2D eigenvalue weighted by Gasteiger charge is 2.25. The lowest BCUT2D eigenvalue weighted by atomic mass is 9.93. The van der Waals surface area contributed by atoms with Gasteiger partial charge in [-0.05, 0) is 29.4 Å². The van der Waals surface area contributed by atoms with Crippen molar-refractivity contribution < 1.29 is 8.42 Å². The molecule has 24 heavy (non-hydrogen) atoms. The topological polar surface area (TPSA) is 73.2 Å². The lowest BCUT2D eigenvalue weighted by Gasteiger charge is -2.26. The number of hydrogen-bond donors (Lipinski definition) is 1. The van der Waals surface area contributed by atoms with E-state index in [0.717, 1.165) is 12.0 Å². The molecule has 134 valence electrons. The maximum absolute atomic E-state index is 12.5. The second kappa shape index (κ2) is 9.16. The van der Waals surface area contributed by atoms with Gasteiger partial charge in [-0.25, -0.2) is 0 Å². The number of rotatable bonds is 9. The molecule has 0 aliphatic carbocycles. The van der Waals surface area contributed by atoms with E-state index >= 15 is 0 Å². The van der Waals surface area contributed by atoms with Gasteiger partial charge >= 0.3 is 0 Å². The second-order valence-electron chi connectivity index (χ2n) is 6.55. The van der Waals surface area contributed by atoms with E-state index in [1.807, 2.05) is 32.0 Å². The molecule has 1 N–H and O–H groups in total. The number of benzene rings is 1. The highest BCUT2D eigenvalue weighted by atomic mass is 32.2. The summed E-state index contributed by atoms with van der Waals surface area (Å²) in [5.41, 5.74) is 2.21. The van der Waals surface area contributed by atoms with Crippen LogP contribution in [0.1, 0.15) is 63.6 Å². The molecule has 0 aliphatic heterocycles. The van der Waals surface area contributed by atoms with Crippen LogP contribution in [-0.2, 0) is 10.2 Å². The lowest BCUT2D eigenvalue weighted by Crippen LogP contribution is -2.42. The summed E-state index contributed by atoms with van der Waals surface area (Å²) in [6, 6.07) is 9.83. The predicted molar refractivity (Wildman–Crippen MR) is 97.6 cm³/mol. The molecule has 2 atom stereocenters. The van der Waals surface area contributed by atoms with Gasteiger partial charge in [-0.3, -0.25) is 0 Å². The molecule has 1 rings (SSSR count). The third-order valence-electron chi connectivity index (χ3n) is 4.37. The van der Waals surface area contributed by atoms with Crippen LogP contribution in [0.5, 0.6) is 0 Å². The molecule has 0 aliphatic rings. The van der Waals surface area contributed by atoms with Crippen LogP contribution in [0.15, 0.2) is 24.3 Å². The normalized spacial score (nSPS) is 14.6. The number of nitriles is 1. The summed E-state index contributed by atoms with van der Waals surface area (Å²) in [7, 11) is -2.13. The highest BCUT2D eigenvalue weighted by Crippen LogP contribution is 2.26. The van der Waals surface area contributed by atoms with Gasteiger partial charge in [0.25, 0.3) is 10.2 Å². The summed E-state index contributed by atoms with van der Waals surface area (Å²) in [5.74, 6) is 0.601. The molecule has 1 aromatic rings. The molecule has 0 bridgehead atoms. The molecule has 0 spiro atoms. The van der Waals surface area contributed by atoms with Crippen molar-refractivity contribution in [2.75, 3.05) is 13.6 Å². The zero-order chi connectivity index (χ0) is 18.3. The third-order valence-corrected chi connectivity index (χ3v) is 5.92. The van der Waals surface area contributed by atoms with Crippen LogP contribution in [0, 0.1) is 17.2 Å². The summed E-state index contributed by atoms with van der Waals surface area (Å²) in [6.45, 7) is 8.50. The molecule has 0 amide bonds. The van der Waals surface area contributed by atoms with Gasteiger partial charge in [-0.1, -0.05) is 52.0 Å². The SMILES string of the molecule is CCC(C)c1ccc(C(NS(=O)(=O)N(C)CCC#N)C(C)C)cc1. The fraction of sp³-hybridized carbons (Fsp3) is 0.611. The molecule has 1 aromatic carbocycles. The van der Waals surface area contributed by atoms with E-state index in [4.69, 9.17) is 5.26 Å². The fourth-order valence-electron chi connectivity index (χ4n) is 2.43. The van der Waals surface area contributed by atoms with E-state index in [0.29, 0.717) is 5.92 Å². The first kappa shape index (κ1) is 20.6. The average Bonchev–Trinajstić information content (AvgIpc) is 2.56. The van der Waals surface area contributed by atoms with Crippen LogP contribution in [-0.4, -0.2) is 26.3 Å². The molecular weight excluding hydrogens is 322 g/mol. The Morgan fingerprint density at radius 2 is 1.71 bits per heavy atom. The van der Waals surface area contributed by atoms with Crippen molar-refractivity contribution in [3.05, 3.63) is 35.4 Å². The summed E-state index contributed by atoms with van der Waals surface area (Å²) in [5, 5.41) is 8.63. The Morgan fingerprint density at radius 3 is 2.17 bits per heavy atom. The van der Waals surface area contributed by atoms with E-state index < -0.39 is 10.2 Å². The Kier molecular flexibility index (Phi) is 7.88. The Hall–Kier alpha value is -1.42. The predicted octanol–water partition coefficient (Wildman–Crippen LogP) is 3.58. The van der Waals surface area contributed by atoms with Gasteiger partial charge in [0.1, 0.15) is 0 Å². The smallest absolute Gasteiger partial charge is 0.198 e. The molecule has 0 radical (unpaired) electrons. The van der Waals surface area contributed by atoms with Crippen molar-refractivity contribution in [3.63, 3.8) is 0 Å². The molecular formula is C18H29N3O2S. The Balaban J connectivity index is 2.97. The van der Waals surface area contributed by atoms with Gasteiger partial charge in [0, 0.05) is 20.0 Å². The van der Waals surface area contributed by atoms with Crippen LogP contribution in [0.4, 0.5) is 0 Å². The lowest BCUT2D eigenvalue weighted by molar-refractivity contribution is 0.420. The van der Waals surface area contributed by atoms with Gasteiger partial charge in [-0.15, -0.1) is 0 Å². The first-order valence-electron chi connectivity index (χ1n) is 8.43. The first-order valence-corrected chi connectivity index (χ1v) is 9.87. The van der Waals surface area contributed by atoms with Crippen LogP contribution in [0.2, 0.25) is 0 Å². The van der Waals surface area contributed by atoms with E-state index in [-0.39, 0.29) is 24.9 Å². The van der Waals surface area contributed by atoms with Crippen LogP contribution >= 0.6 is 0 Å². The Labute approximate surface area is 146 Å². The largest absolute Gasteiger partial charge is 0.279 e. The molecule has 2 unspecified atom stereocenters. The van der Waals surface area contributed by atoms with Crippen LogP contribution < -0.4 is 4.72 Å². The monoisotopic (exact) mass is 351 g/mol. The maximum atomic E-state index is 12.5. The third kappa shape index (κ3) is 5.59. The van der Waals surface area contributed by atoms with E-state index in [9.17, 15) is 8.42 Å². The molecule has 5 nitrogen and oxygen atoms in total. The van der Waals surface area contributed by atoms with Gasteiger partial charge in [-0.2, -0.15) is 22.7 Å². The highest BCUT2D eigenvalue weighted by molar-refractivity contribution is 7.87. The molecule has 0 saturated heterocycles. The zero-order valence-corrected chi connectivity index (χ0v) is 16.1. The molecule has 0 aromatic heterocycles. The van der Waals surface area contributed by atoms with E-state index in [1.54, 1.807) is 0 Å². The minimum atomic E-state index is -3.62. The van der Waals surface area contributed by atoms with Crippen molar-refractivity contribution >= 4 is 10.2 Å². The Bertz CT molecular complexity index is 648. The molecule has 0 heterocycles. The second-order valence-corrected chi connectivity index (χ2v) is 8.36. The molecule has 6 heteroatoms. The van der Waals surface area contributed by atoms with Crippen molar-refractivity contribution in [3.8, 4) is 6.07 Å². The number of nitrogens with one attached hydrogen (secondary N) is 1. The van der Waals surface area contributed by atoms with Crippen molar-refractivity contribution in [2.45, 2.75) is 52.5 Å². The fourth-order valence-corrected chi connectivity index (χ4v) is 3.68. The zero-order valence-electron chi connectivity index (χ0n) is 15.3. The van der Waals surface area contributed by atoms with Gasteiger partial charge < -0.3 is 0 Å². The van der Waals surface area contributed by atoms with E-state index in [2.05, 4.69) is 30.7 Å². The number of nitrogens with zero attached hydrogens (tertiary/aromatic N) is 2. The Morgan fingerprint density at radius 1 is 1.17 bits per heavy atom. The summed E-state index contributed by atoms with van der Waals surface area (Å²) in [6.07, 6.45) is 1.25. The quantitative estimate of drug-likeness (QED) is 0.739. The van der Waals surface area contributed by atoms with Gasteiger partial charge in [0.05, 0.1) is 12.1 Å². The molecule has 0 fully saturated rings. The van der Waals surface area contributed by atoms with Gasteiger partial charge in [0.2, 0.25) is 0 Å². The average molecular weight is 352 g/mol.